The number of rotatable bonds is 4. The van der Waals surface area contributed by atoms with Crippen LogP contribution in [0.1, 0.15) is 51.9 Å². The molecule has 0 radical (unpaired) electrons. The van der Waals surface area contributed by atoms with Crippen molar-refractivity contribution in [2.24, 2.45) is 11.8 Å². The second kappa shape index (κ2) is 10.1. The third kappa shape index (κ3) is 5.00. The second-order valence-electron chi connectivity index (χ2n) is 12.3. The summed E-state index contributed by atoms with van der Waals surface area (Å²) in [6, 6.07) is 0.347. The molecule has 7 nitrogen and oxygen atoms in total. The molecule has 6 rings (SSSR count). The number of hydrogen-bond donors (Lipinski definition) is 3. The highest BCUT2D eigenvalue weighted by atomic mass is 19.1. The van der Waals surface area contributed by atoms with E-state index < -0.39 is 12.3 Å². The monoisotopic (exact) mass is 494 g/mol. The van der Waals surface area contributed by atoms with Crippen molar-refractivity contribution < 1.29 is 13.6 Å². The molecule has 10 atom stereocenters. The van der Waals surface area contributed by atoms with Gasteiger partial charge in [-0.3, -0.25) is 24.8 Å². The standard InChI is InChI=1S/C26H44F2N6O/c1-16-2-3-22(28)21-13-23(31-25(16)21)26(35)30-18-10-17(27)11-20(12-18)33-6-4-19(14-33)34-9-8-32-7-5-29-24(32)15-34/h16-25,29,31H,2-15H2,1H3,(H,30,35). The van der Waals surface area contributed by atoms with Gasteiger partial charge in [-0.25, -0.2) is 8.78 Å². The summed E-state index contributed by atoms with van der Waals surface area (Å²) in [5.74, 6) is 0.276. The molecule has 1 amide bonds. The van der Waals surface area contributed by atoms with Crippen LogP contribution in [0.3, 0.4) is 0 Å². The largest absolute Gasteiger partial charge is 0.352 e. The summed E-state index contributed by atoms with van der Waals surface area (Å²) in [4.78, 5) is 20.8. The predicted molar refractivity (Wildman–Crippen MR) is 131 cm³/mol. The van der Waals surface area contributed by atoms with E-state index in [9.17, 15) is 13.6 Å². The van der Waals surface area contributed by atoms with Crippen LogP contribution in [0.5, 0.6) is 0 Å². The molecular formula is C26H44F2N6O. The molecule has 4 saturated heterocycles. The maximum Gasteiger partial charge on any atom is 0.237 e. The normalized spacial score (nSPS) is 47.5. The van der Waals surface area contributed by atoms with Gasteiger partial charge in [0.25, 0.3) is 0 Å². The summed E-state index contributed by atoms with van der Waals surface area (Å²) < 4.78 is 29.3. The van der Waals surface area contributed by atoms with Crippen LogP contribution < -0.4 is 16.0 Å². The minimum absolute atomic E-state index is 0.0575. The molecule has 6 aliphatic rings. The summed E-state index contributed by atoms with van der Waals surface area (Å²) in [5, 5.41) is 10.2. The topological polar surface area (TPSA) is 62.9 Å². The Balaban J connectivity index is 1.02. The lowest BCUT2D eigenvalue weighted by Gasteiger charge is -2.41. The van der Waals surface area contributed by atoms with E-state index in [1.165, 1.54) is 0 Å². The number of nitrogens with zero attached hydrogens (tertiary/aromatic N) is 3. The lowest BCUT2D eigenvalue weighted by molar-refractivity contribution is -0.124. The van der Waals surface area contributed by atoms with E-state index in [0.29, 0.717) is 43.8 Å². The minimum Gasteiger partial charge on any atom is -0.352 e. The minimum atomic E-state index is -0.876. The fourth-order valence-electron chi connectivity index (χ4n) is 8.15. The fraction of sp³-hybridized carbons (Fsp3) is 0.962. The zero-order valence-corrected chi connectivity index (χ0v) is 21.2. The summed E-state index contributed by atoms with van der Waals surface area (Å²) in [7, 11) is 0. The van der Waals surface area contributed by atoms with Gasteiger partial charge in [0.1, 0.15) is 12.3 Å². The van der Waals surface area contributed by atoms with Gasteiger partial charge >= 0.3 is 0 Å². The van der Waals surface area contributed by atoms with Gasteiger partial charge in [-0.2, -0.15) is 0 Å². The molecule has 9 heteroatoms. The number of nitrogens with one attached hydrogen (secondary N) is 3. The number of fused-ring (bicyclic) bond motifs is 2. The molecule has 0 aromatic rings. The number of hydrogen-bond acceptors (Lipinski definition) is 6. The third-order valence-electron chi connectivity index (χ3n) is 10.2. The Bertz CT molecular complexity index is 756. The van der Waals surface area contributed by atoms with Crippen LogP contribution >= 0.6 is 0 Å². The SMILES string of the molecule is CC1CCC(F)C2CC(C(=O)NC3CC(F)CC(N4CCC(N5CCN6CCNC6C5)C4)C3)NC12. The fourth-order valence-corrected chi connectivity index (χ4v) is 8.15. The second-order valence-corrected chi connectivity index (χ2v) is 12.3. The van der Waals surface area contributed by atoms with Crippen LogP contribution in [0.15, 0.2) is 0 Å². The van der Waals surface area contributed by atoms with E-state index in [1.54, 1.807) is 0 Å². The van der Waals surface area contributed by atoms with Gasteiger partial charge in [-0.15, -0.1) is 0 Å². The van der Waals surface area contributed by atoms with E-state index in [1.807, 2.05) is 0 Å². The first-order chi connectivity index (χ1) is 16.9. The quantitative estimate of drug-likeness (QED) is 0.544. The van der Waals surface area contributed by atoms with Crippen molar-refractivity contribution in [3.8, 4) is 0 Å². The maximum absolute atomic E-state index is 14.8. The number of alkyl halides is 2. The number of carbonyl (C=O) groups is 1. The van der Waals surface area contributed by atoms with E-state index in [4.69, 9.17) is 0 Å². The van der Waals surface area contributed by atoms with Crippen LogP contribution in [-0.2, 0) is 4.79 Å². The van der Waals surface area contributed by atoms with Gasteiger partial charge < -0.3 is 10.6 Å². The Morgan fingerprint density at radius 1 is 0.886 bits per heavy atom. The average Bonchev–Trinajstić information content (AvgIpc) is 3.60. The highest BCUT2D eigenvalue weighted by Gasteiger charge is 2.47. The Hall–Kier alpha value is -0.870. The number of piperazine rings is 1. The number of carbonyl (C=O) groups excluding carboxylic acids is 1. The summed E-state index contributed by atoms with van der Waals surface area (Å²) >= 11 is 0. The van der Waals surface area contributed by atoms with Gasteiger partial charge in [0.15, 0.2) is 0 Å². The molecule has 2 saturated carbocycles. The number of halogens is 2. The molecule has 0 spiro atoms. The van der Waals surface area contributed by atoms with Crippen molar-refractivity contribution >= 4 is 5.91 Å². The first-order valence-corrected chi connectivity index (χ1v) is 14.2. The molecule has 0 bridgehead atoms. The molecule has 2 aliphatic carbocycles. The number of likely N-dealkylation sites (tertiary alicyclic amines) is 1. The van der Waals surface area contributed by atoms with Crippen molar-refractivity contribution in [2.45, 2.75) is 101 Å². The van der Waals surface area contributed by atoms with Gasteiger partial charge in [0.2, 0.25) is 5.91 Å². The van der Waals surface area contributed by atoms with E-state index >= 15 is 0 Å². The van der Waals surface area contributed by atoms with Gasteiger partial charge in [-0.05, 0) is 50.9 Å². The Morgan fingerprint density at radius 3 is 2.57 bits per heavy atom. The van der Waals surface area contributed by atoms with Crippen LogP contribution in [0.25, 0.3) is 0 Å². The van der Waals surface area contributed by atoms with Crippen molar-refractivity contribution in [2.75, 3.05) is 45.8 Å². The van der Waals surface area contributed by atoms with Crippen LogP contribution in [0, 0.1) is 11.8 Å². The molecule has 4 heterocycles. The zero-order valence-electron chi connectivity index (χ0n) is 21.2. The third-order valence-corrected chi connectivity index (χ3v) is 10.2. The molecule has 198 valence electrons. The van der Waals surface area contributed by atoms with Gasteiger partial charge in [-0.1, -0.05) is 6.92 Å². The van der Waals surface area contributed by atoms with Crippen molar-refractivity contribution in [3.63, 3.8) is 0 Å². The van der Waals surface area contributed by atoms with Crippen LogP contribution in [-0.4, -0.2) is 115 Å². The van der Waals surface area contributed by atoms with E-state index in [0.717, 1.165) is 65.1 Å². The molecule has 4 aliphatic heterocycles. The highest BCUT2D eigenvalue weighted by Crippen LogP contribution is 2.39. The van der Waals surface area contributed by atoms with Crippen molar-refractivity contribution in [1.82, 2.24) is 30.7 Å². The van der Waals surface area contributed by atoms with E-state index in [-0.39, 0.29) is 36.0 Å². The van der Waals surface area contributed by atoms with Crippen LogP contribution in [0.4, 0.5) is 8.78 Å². The smallest absolute Gasteiger partial charge is 0.237 e. The maximum atomic E-state index is 14.8. The van der Waals surface area contributed by atoms with Crippen molar-refractivity contribution in [1.29, 1.82) is 0 Å². The zero-order chi connectivity index (χ0) is 24.1. The molecule has 3 N–H and O–H groups in total. The van der Waals surface area contributed by atoms with Gasteiger partial charge in [0, 0.05) is 75.9 Å². The number of amides is 1. The van der Waals surface area contributed by atoms with Gasteiger partial charge in [0.05, 0.1) is 12.2 Å². The molecule has 0 aromatic carbocycles. The Labute approximate surface area is 208 Å². The molecule has 6 fully saturated rings. The predicted octanol–water partition coefficient (Wildman–Crippen LogP) is 1.10. The molecular weight excluding hydrogens is 450 g/mol. The molecule has 0 aromatic heterocycles. The van der Waals surface area contributed by atoms with E-state index in [2.05, 4.69) is 37.6 Å². The first kappa shape index (κ1) is 24.5. The summed E-state index contributed by atoms with van der Waals surface area (Å²) in [6.45, 7) is 9.78. The lowest BCUT2D eigenvalue weighted by Crippen LogP contribution is -2.57. The Kier molecular flexibility index (Phi) is 7.08. The average molecular weight is 495 g/mol. The van der Waals surface area contributed by atoms with Crippen molar-refractivity contribution in [3.05, 3.63) is 0 Å². The van der Waals surface area contributed by atoms with Crippen LogP contribution in [0.2, 0.25) is 0 Å². The molecule has 10 unspecified atom stereocenters. The Morgan fingerprint density at radius 2 is 1.71 bits per heavy atom. The molecule has 35 heavy (non-hydrogen) atoms. The lowest BCUT2D eigenvalue weighted by atomic mass is 9.77. The highest BCUT2D eigenvalue weighted by molar-refractivity contribution is 5.82. The summed E-state index contributed by atoms with van der Waals surface area (Å²) in [6.07, 6.45) is 3.79. The first-order valence-electron chi connectivity index (χ1n) is 14.2. The summed E-state index contributed by atoms with van der Waals surface area (Å²) in [5.41, 5.74) is 0.